The summed E-state index contributed by atoms with van der Waals surface area (Å²) in [6, 6.07) is 6.89. The van der Waals surface area contributed by atoms with Gasteiger partial charge in [0, 0.05) is 6.42 Å². The van der Waals surface area contributed by atoms with Gasteiger partial charge in [-0.2, -0.15) is 8.42 Å². The van der Waals surface area contributed by atoms with Crippen LogP contribution in [0.2, 0.25) is 0 Å². The van der Waals surface area contributed by atoms with Gasteiger partial charge in [0.2, 0.25) is 5.91 Å². The topological polar surface area (TPSA) is 138 Å². The first-order valence-electron chi connectivity index (χ1n) is 7.19. The number of aliphatic carboxylic acids is 1. The van der Waals surface area contributed by atoms with E-state index in [2.05, 4.69) is 0 Å². The van der Waals surface area contributed by atoms with E-state index < -0.39 is 45.5 Å². The van der Waals surface area contributed by atoms with E-state index >= 15 is 0 Å². The first-order chi connectivity index (χ1) is 11.1. The van der Waals surface area contributed by atoms with Crippen LogP contribution in [0.5, 0.6) is 0 Å². The Kier molecular flexibility index (Phi) is 7.05. The molecule has 0 saturated heterocycles. The smallest absolute Gasteiger partial charge is 0.327 e. The van der Waals surface area contributed by atoms with Crippen molar-refractivity contribution in [1.29, 1.82) is 0 Å². The third-order valence-corrected chi connectivity index (χ3v) is 4.08. The van der Waals surface area contributed by atoms with Gasteiger partial charge in [0.15, 0.2) is 0 Å². The van der Waals surface area contributed by atoms with Gasteiger partial charge < -0.3 is 10.4 Å². The maximum atomic E-state index is 12.2. The average Bonchev–Trinajstić information content (AvgIpc) is 2.46. The largest absolute Gasteiger partial charge is 0.480 e. The Bertz CT molecular complexity index is 700. The summed E-state index contributed by atoms with van der Waals surface area (Å²) in [7, 11) is -4.60. The van der Waals surface area contributed by atoms with Crippen molar-refractivity contribution in [2.75, 3.05) is 5.75 Å². The lowest BCUT2D eigenvalue weighted by Gasteiger charge is -2.18. The summed E-state index contributed by atoms with van der Waals surface area (Å²) in [6.07, 6.45) is 0.137. The van der Waals surface area contributed by atoms with Crippen molar-refractivity contribution >= 4 is 27.8 Å². The molecule has 0 aliphatic carbocycles. The number of hydrogen-bond donors (Lipinski definition) is 3. The van der Waals surface area contributed by atoms with E-state index in [1.54, 1.807) is 37.3 Å². The predicted octanol–water partition coefficient (Wildman–Crippen LogP) is 0.282. The Morgan fingerprint density at radius 2 is 1.75 bits per heavy atom. The van der Waals surface area contributed by atoms with Gasteiger partial charge in [-0.3, -0.25) is 14.1 Å². The van der Waals surface area contributed by atoms with Crippen molar-refractivity contribution in [1.82, 2.24) is 5.32 Å². The normalized spacial score (nSPS) is 13.8. The molecule has 0 radical (unpaired) electrons. The number of ketones is 1. The standard InChI is InChI=1S/C15H19NO7S/c1-2-11(13(17)8-10-6-4-3-5-7-10)14(18)16-12(15(19)20)9-24(21,22)23/h3-7,11-12H,2,8-9H2,1H3,(H,16,18)(H,19,20)(H,21,22,23). The van der Waals surface area contributed by atoms with Crippen LogP contribution in [0, 0.1) is 5.92 Å². The molecule has 8 nitrogen and oxygen atoms in total. The number of Topliss-reactive ketones (excluding diaryl/α,β-unsaturated/α-hetero) is 1. The summed E-state index contributed by atoms with van der Waals surface area (Å²) >= 11 is 0. The number of carbonyl (C=O) groups is 3. The SMILES string of the molecule is CCC(C(=O)Cc1ccccc1)C(=O)NC(CS(=O)(=O)O)C(=O)O. The van der Waals surface area contributed by atoms with Crippen molar-refractivity contribution in [2.45, 2.75) is 25.8 Å². The Balaban J connectivity index is 2.80. The number of rotatable bonds is 9. The molecule has 0 aliphatic rings. The molecule has 3 N–H and O–H groups in total. The van der Waals surface area contributed by atoms with Crippen LogP contribution in [0.1, 0.15) is 18.9 Å². The second-order valence-electron chi connectivity index (χ2n) is 5.24. The molecule has 0 heterocycles. The molecule has 132 valence electrons. The van der Waals surface area contributed by atoms with Crippen LogP contribution in [-0.2, 0) is 30.9 Å². The van der Waals surface area contributed by atoms with Gasteiger partial charge in [-0.1, -0.05) is 37.3 Å². The minimum atomic E-state index is -4.60. The Morgan fingerprint density at radius 1 is 1.17 bits per heavy atom. The number of nitrogens with one attached hydrogen (secondary N) is 1. The Labute approximate surface area is 139 Å². The van der Waals surface area contributed by atoms with Gasteiger partial charge in [0.05, 0.1) is 5.92 Å². The van der Waals surface area contributed by atoms with Crippen LogP contribution in [0.3, 0.4) is 0 Å². The van der Waals surface area contributed by atoms with Crippen molar-refractivity contribution in [2.24, 2.45) is 5.92 Å². The third kappa shape index (κ3) is 6.47. The first kappa shape index (κ1) is 19.8. The Hall–Kier alpha value is -2.26. The molecule has 0 bridgehead atoms. The van der Waals surface area contributed by atoms with Gasteiger partial charge in [-0.25, -0.2) is 4.79 Å². The van der Waals surface area contributed by atoms with Crippen molar-refractivity contribution in [3.8, 4) is 0 Å². The van der Waals surface area contributed by atoms with E-state index in [0.29, 0.717) is 5.56 Å². The molecule has 1 amide bonds. The van der Waals surface area contributed by atoms with E-state index in [1.807, 2.05) is 5.32 Å². The molecule has 0 spiro atoms. The lowest BCUT2D eigenvalue weighted by Crippen LogP contribution is -2.48. The van der Waals surface area contributed by atoms with E-state index in [9.17, 15) is 22.8 Å². The molecule has 0 saturated carbocycles. The van der Waals surface area contributed by atoms with Crippen LogP contribution < -0.4 is 5.32 Å². The number of hydrogen-bond acceptors (Lipinski definition) is 5. The average molecular weight is 357 g/mol. The third-order valence-electron chi connectivity index (χ3n) is 3.33. The summed E-state index contributed by atoms with van der Waals surface area (Å²) in [5.41, 5.74) is 0.710. The summed E-state index contributed by atoms with van der Waals surface area (Å²) in [4.78, 5) is 35.4. The highest BCUT2D eigenvalue weighted by Crippen LogP contribution is 2.11. The van der Waals surface area contributed by atoms with Crippen LogP contribution in [0.25, 0.3) is 0 Å². The molecular weight excluding hydrogens is 338 g/mol. The zero-order chi connectivity index (χ0) is 18.3. The second-order valence-corrected chi connectivity index (χ2v) is 6.73. The molecule has 2 unspecified atom stereocenters. The molecule has 9 heteroatoms. The molecule has 0 aliphatic heterocycles. The number of amides is 1. The molecular formula is C15H19NO7S. The van der Waals surface area contributed by atoms with Crippen LogP contribution in [-0.4, -0.2) is 47.5 Å². The van der Waals surface area contributed by atoms with Gasteiger partial charge >= 0.3 is 5.97 Å². The summed E-state index contributed by atoms with van der Waals surface area (Å²) < 4.78 is 30.4. The minimum absolute atomic E-state index is 0.00278. The predicted molar refractivity (Wildman–Crippen MR) is 84.9 cm³/mol. The zero-order valence-electron chi connectivity index (χ0n) is 13.0. The fourth-order valence-electron chi connectivity index (χ4n) is 2.14. The van der Waals surface area contributed by atoms with Gasteiger partial charge in [0.1, 0.15) is 17.6 Å². The zero-order valence-corrected chi connectivity index (χ0v) is 13.8. The molecule has 1 aromatic carbocycles. The summed E-state index contributed by atoms with van der Waals surface area (Å²) in [6.45, 7) is 1.59. The fourth-order valence-corrected chi connectivity index (χ4v) is 2.78. The summed E-state index contributed by atoms with van der Waals surface area (Å²) in [5, 5.41) is 10.9. The van der Waals surface area contributed by atoms with Gasteiger partial charge in [-0.05, 0) is 12.0 Å². The van der Waals surface area contributed by atoms with Gasteiger partial charge in [-0.15, -0.1) is 0 Å². The van der Waals surface area contributed by atoms with Crippen molar-refractivity contribution < 1.29 is 32.5 Å². The molecule has 0 aromatic heterocycles. The highest BCUT2D eigenvalue weighted by molar-refractivity contribution is 7.85. The van der Waals surface area contributed by atoms with E-state index in [-0.39, 0.29) is 12.8 Å². The maximum Gasteiger partial charge on any atom is 0.327 e. The lowest BCUT2D eigenvalue weighted by molar-refractivity contribution is -0.143. The van der Waals surface area contributed by atoms with E-state index in [0.717, 1.165) is 0 Å². The monoisotopic (exact) mass is 357 g/mol. The second kappa shape index (κ2) is 8.55. The molecule has 24 heavy (non-hydrogen) atoms. The fraction of sp³-hybridized carbons (Fsp3) is 0.400. The highest BCUT2D eigenvalue weighted by atomic mass is 32.2. The molecule has 0 fully saturated rings. The number of carboxylic acids is 1. The van der Waals surface area contributed by atoms with Crippen LogP contribution in [0.4, 0.5) is 0 Å². The first-order valence-corrected chi connectivity index (χ1v) is 8.80. The quantitative estimate of drug-likeness (QED) is 0.426. The minimum Gasteiger partial charge on any atom is -0.480 e. The maximum absolute atomic E-state index is 12.2. The number of carbonyl (C=O) groups excluding carboxylic acids is 2. The molecule has 1 aromatic rings. The molecule has 1 rings (SSSR count). The number of carboxylic acid groups (broad SMARTS) is 1. The van der Waals surface area contributed by atoms with Crippen molar-refractivity contribution in [3.63, 3.8) is 0 Å². The lowest BCUT2D eigenvalue weighted by atomic mass is 9.94. The van der Waals surface area contributed by atoms with Crippen LogP contribution in [0.15, 0.2) is 30.3 Å². The van der Waals surface area contributed by atoms with E-state index in [4.69, 9.17) is 9.66 Å². The summed E-state index contributed by atoms with van der Waals surface area (Å²) in [5.74, 6) is -5.18. The van der Waals surface area contributed by atoms with Crippen LogP contribution >= 0.6 is 0 Å². The van der Waals surface area contributed by atoms with E-state index in [1.165, 1.54) is 0 Å². The number of benzene rings is 1. The molecule has 2 atom stereocenters. The highest BCUT2D eigenvalue weighted by Gasteiger charge is 2.31. The Morgan fingerprint density at radius 3 is 2.21 bits per heavy atom. The van der Waals surface area contributed by atoms with Crippen molar-refractivity contribution in [3.05, 3.63) is 35.9 Å². The van der Waals surface area contributed by atoms with Gasteiger partial charge in [0.25, 0.3) is 10.1 Å².